The largest absolute Gasteiger partial charge is 0.339 e. The monoisotopic (exact) mass is 422 g/mol. The molecule has 2 aromatic rings. The molecule has 3 fully saturated rings. The first-order valence-electron chi connectivity index (χ1n) is 10.5. The van der Waals surface area contributed by atoms with Crippen LogP contribution in [0.25, 0.3) is 0 Å². The molecule has 0 saturated carbocycles. The van der Waals surface area contributed by atoms with Gasteiger partial charge in [0.2, 0.25) is 11.8 Å². The fourth-order valence-corrected chi connectivity index (χ4v) is 5.00. The number of para-hydroxylation sites is 1. The summed E-state index contributed by atoms with van der Waals surface area (Å²) in [6.07, 6.45) is 1.24. The van der Waals surface area contributed by atoms with Crippen molar-refractivity contribution in [1.82, 2.24) is 10.2 Å². The van der Waals surface area contributed by atoms with Crippen LogP contribution >= 0.6 is 0 Å². The lowest BCUT2D eigenvalue weighted by Gasteiger charge is -2.44. The summed E-state index contributed by atoms with van der Waals surface area (Å²) < 4.78 is 13.2. The van der Waals surface area contributed by atoms with Crippen molar-refractivity contribution in [2.75, 3.05) is 29.6 Å². The standard InChI is InChI=1S/C23H23FN4O3/c24-16-6-8-18(9-7-16)28-20(29)14-19(21(28)30)26-12-10-23(11-13-26)22(31)25-15-27(23)17-4-2-1-3-5-17/h1-9,19H,10-15H2,(H,25,31)/t19-/m1/s1. The number of rotatable bonds is 3. The number of nitrogens with one attached hydrogen (secondary N) is 1. The number of benzene rings is 2. The van der Waals surface area contributed by atoms with E-state index in [0.717, 1.165) is 10.6 Å². The van der Waals surface area contributed by atoms with Crippen LogP contribution in [0.2, 0.25) is 0 Å². The van der Waals surface area contributed by atoms with Crippen molar-refractivity contribution in [3.8, 4) is 0 Å². The molecule has 3 aliphatic rings. The summed E-state index contributed by atoms with van der Waals surface area (Å²) in [5, 5.41) is 2.97. The van der Waals surface area contributed by atoms with Crippen LogP contribution in [0, 0.1) is 5.82 Å². The van der Waals surface area contributed by atoms with Crippen LogP contribution in [-0.4, -0.2) is 54.0 Å². The lowest BCUT2D eigenvalue weighted by molar-refractivity contribution is -0.126. The zero-order chi connectivity index (χ0) is 21.6. The first kappa shape index (κ1) is 19.7. The predicted octanol–water partition coefficient (Wildman–Crippen LogP) is 1.89. The molecule has 160 valence electrons. The maximum absolute atomic E-state index is 13.2. The number of amides is 3. The Morgan fingerprint density at radius 3 is 2.26 bits per heavy atom. The number of hydrogen-bond donors (Lipinski definition) is 1. The average molecular weight is 422 g/mol. The van der Waals surface area contributed by atoms with Gasteiger partial charge in [0.1, 0.15) is 11.4 Å². The highest BCUT2D eigenvalue weighted by atomic mass is 19.1. The minimum atomic E-state index is -0.639. The summed E-state index contributed by atoms with van der Waals surface area (Å²) >= 11 is 0. The Morgan fingerprint density at radius 1 is 0.903 bits per heavy atom. The molecule has 0 unspecified atom stereocenters. The van der Waals surface area contributed by atoms with E-state index in [1.807, 2.05) is 35.2 Å². The topological polar surface area (TPSA) is 73.0 Å². The van der Waals surface area contributed by atoms with Crippen LogP contribution in [0.4, 0.5) is 15.8 Å². The second kappa shape index (κ2) is 7.46. The van der Waals surface area contributed by atoms with E-state index in [2.05, 4.69) is 10.2 Å². The van der Waals surface area contributed by atoms with Gasteiger partial charge in [0.05, 0.1) is 24.8 Å². The van der Waals surface area contributed by atoms with Crippen molar-refractivity contribution in [1.29, 1.82) is 0 Å². The van der Waals surface area contributed by atoms with Gasteiger partial charge in [-0.3, -0.25) is 19.3 Å². The normalized spacial score (nSPS) is 23.6. The van der Waals surface area contributed by atoms with Crippen LogP contribution in [-0.2, 0) is 14.4 Å². The van der Waals surface area contributed by atoms with Crippen molar-refractivity contribution < 1.29 is 18.8 Å². The molecule has 1 N–H and O–H groups in total. The number of carbonyl (C=O) groups excluding carboxylic acids is 3. The van der Waals surface area contributed by atoms with E-state index in [9.17, 15) is 18.8 Å². The minimum absolute atomic E-state index is 0.0118. The van der Waals surface area contributed by atoms with E-state index in [4.69, 9.17) is 0 Å². The van der Waals surface area contributed by atoms with Crippen molar-refractivity contribution in [3.05, 3.63) is 60.4 Å². The molecule has 1 atom stereocenters. The van der Waals surface area contributed by atoms with Gasteiger partial charge in [-0.25, -0.2) is 9.29 Å². The van der Waals surface area contributed by atoms with E-state index in [1.165, 1.54) is 24.3 Å². The summed E-state index contributed by atoms with van der Waals surface area (Å²) in [7, 11) is 0. The Bertz CT molecular complexity index is 1020. The van der Waals surface area contributed by atoms with Gasteiger partial charge in [-0.05, 0) is 49.2 Å². The molecule has 0 aliphatic carbocycles. The van der Waals surface area contributed by atoms with Crippen LogP contribution in [0.5, 0.6) is 0 Å². The van der Waals surface area contributed by atoms with Gasteiger partial charge in [0.15, 0.2) is 0 Å². The van der Waals surface area contributed by atoms with Crippen LogP contribution in [0.15, 0.2) is 54.6 Å². The number of carbonyl (C=O) groups is 3. The molecule has 1 spiro atoms. The quantitative estimate of drug-likeness (QED) is 0.765. The minimum Gasteiger partial charge on any atom is -0.339 e. The molecule has 5 rings (SSSR count). The highest BCUT2D eigenvalue weighted by molar-refractivity contribution is 6.22. The van der Waals surface area contributed by atoms with Crippen molar-refractivity contribution >= 4 is 29.1 Å². The number of halogens is 1. The highest BCUT2D eigenvalue weighted by Gasteiger charge is 2.52. The number of nitrogens with zero attached hydrogens (tertiary/aromatic N) is 3. The summed E-state index contributed by atoms with van der Waals surface area (Å²) in [6, 6.07) is 14.7. The Labute approximate surface area is 179 Å². The van der Waals surface area contributed by atoms with E-state index in [-0.39, 0.29) is 24.1 Å². The molecule has 3 saturated heterocycles. The van der Waals surface area contributed by atoms with Gasteiger partial charge in [0, 0.05) is 18.8 Å². The van der Waals surface area contributed by atoms with Crippen molar-refractivity contribution in [2.24, 2.45) is 0 Å². The maximum Gasteiger partial charge on any atom is 0.251 e. The fraction of sp³-hybridized carbons (Fsp3) is 0.348. The van der Waals surface area contributed by atoms with Crippen LogP contribution < -0.4 is 15.1 Å². The summed E-state index contributed by atoms with van der Waals surface area (Å²) in [4.78, 5) is 43.7. The number of imide groups is 1. The van der Waals surface area contributed by atoms with E-state index in [1.54, 1.807) is 0 Å². The Balaban J connectivity index is 1.32. The molecule has 3 amide bonds. The summed E-state index contributed by atoms with van der Waals surface area (Å²) in [5.74, 6) is -0.980. The Kier molecular flexibility index (Phi) is 4.74. The first-order chi connectivity index (χ1) is 15.0. The molecule has 3 heterocycles. The third-order valence-electron chi connectivity index (χ3n) is 6.68. The van der Waals surface area contributed by atoms with Gasteiger partial charge in [-0.1, -0.05) is 18.2 Å². The first-order valence-corrected chi connectivity index (χ1v) is 10.5. The number of anilines is 2. The second-order valence-electron chi connectivity index (χ2n) is 8.26. The van der Waals surface area contributed by atoms with Gasteiger partial charge in [-0.2, -0.15) is 0 Å². The third-order valence-corrected chi connectivity index (χ3v) is 6.68. The van der Waals surface area contributed by atoms with E-state index < -0.39 is 17.4 Å². The predicted molar refractivity (Wildman–Crippen MR) is 113 cm³/mol. The second-order valence-corrected chi connectivity index (χ2v) is 8.26. The molecule has 8 heteroatoms. The van der Waals surface area contributed by atoms with Gasteiger partial charge < -0.3 is 10.2 Å². The van der Waals surface area contributed by atoms with E-state index in [0.29, 0.717) is 38.3 Å². The van der Waals surface area contributed by atoms with Gasteiger partial charge >= 0.3 is 0 Å². The molecule has 31 heavy (non-hydrogen) atoms. The van der Waals surface area contributed by atoms with Crippen LogP contribution in [0.1, 0.15) is 19.3 Å². The molecule has 0 bridgehead atoms. The molecule has 0 aromatic heterocycles. The molecular weight excluding hydrogens is 399 g/mol. The lowest BCUT2D eigenvalue weighted by atomic mass is 9.85. The number of piperidine rings is 1. The van der Waals surface area contributed by atoms with Crippen molar-refractivity contribution in [3.63, 3.8) is 0 Å². The van der Waals surface area contributed by atoms with Crippen LogP contribution in [0.3, 0.4) is 0 Å². The molecule has 2 aromatic carbocycles. The zero-order valence-corrected chi connectivity index (χ0v) is 17.0. The molecule has 0 radical (unpaired) electrons. The molecular formula is C23H23FN4O3. The zero-order valence-electron chi connectivity index (χ0n) is 17.0. The Hall–Kier alpha value is -3.26. The van der Waals surface area contributed by atoms with Gasteiger partial charge in [-0.15, -0.1) is 0 Å². The van der Waals surface area contributed by atoms with Gasteiger partial charge in [0.25, 0.3) is 5.91 Å². The molecule has 7 nitrogen and oxygen atoms in total. The van der Waals surface area contributed by atoms with Crippen molar-refractivity contribution in [2.45, 2.75) is 30.8 Å². The smallest absolute Gasteiger partial charge is 0.251 e. The number of likely N-dealkylation sites (tertiary alicyclic amines) is 1. The SMILES string of the molecule is O=C1C[C@@H](N2CCC3(CC2)C(=O)NCN3c2ccccc2)C(=O)N1c1ccc(F)cc1. The lowest BCUT2D eigenvalue weighted by Crippen LogP contribution is -2.58. The highest BCUT2D eigenvalue weighted by Crippen LogP contribution is 2.37. The summed E-state index contributed by atoms with van der Waals surface area (Å²) in [6.45, 7) is 1.54. The Morgan fingerprint density at radius 2 is 1.58 bits per heavy atom. The number of hydrogen-bond acceptors (Lipinski definition) is 5. The maximum atomic E-state index is 13.2. The summed E-state index contributed by atoms with van der Waals surface area (Å²) in [5.41, 5.74) is 0.738. The fourth-order valence-electron chi connectivity index (χ4n) is 5.00. The average Bonchev–Trinajstić information content (AvgIpc) is 3.26. The molecule has 3 aliphatic heterocycles. The third kappa shape index (κ3) is 3.18. The van der Waals surface area contributed by atoms with E-state index >= 15 is 0 Å².